The van der Waals surface area contributed by atoms with Gasteiger partial charge in [0.2, 0.25) is 0 Å². The standard InChI is InChI=1S/C23H18N4O/c1-2-28-16-9-10-17-18(11-13-25-20(17)15-16)22-21-8-4-6-14-27(21)26-23(22)19-7-3-5-12-24-19/h3-15H,2H2,1H3. The van der Waals surface area contributed by atoms with E-state index in [1.54, 1.807) is 6.20 Å². The number of hydrogen-bond acceptors (Lipinski definition) is 4. The van der Waals surface area contributed by atoms with E-state index in [1.165, 1.54) is 0 Å². The van der Waals surface area contributed by atoms with E-state index < -0.39 is 0 Å². The maximum Gasteiger partial charge on any atom is 0.121 e. The van der Waals surface area contributed by atoms with Crippen LogP contribution in [0.1, 0.15) is 6.92 Å². The molecule has 136 valence electrons. The Bertz CT molecular complexity index is 1280. The lowest BCUT2D eigenvalue weighted by atomic mass is 9.98. The fourth-order valence-corrected chi connectivity index (χ4v) is 3.55. The highest BCUT2D eigenvalue weighted by Crippen LogP contribution is 2.38. The molecule has 0 aliphatic heterocycles. The number of benzene rings is 1. The van der Waals surface area contributed by atoms with Crippen molar-refractivity contribution in [2.45, 2.75) is 6.92 Å². The average Bonchev–Trinajstić information content (AvgIpc) is 3.13. The normalized spacial score (nSPS) is 11.2. The number of hydrogen-bond donors (Lipinski definition) is 0. The molecule has 0 amide bonds. The van der Waals surface area contributed by atoms with Crippen molar-refractivity contribution in [2.75, 3.05) is 6.61 Å². The highest BCUT2D eigenvalue weighted by Gasteiger charge is 2.19. The smallest absolute Gasteiger partial charge is 0.121 e. The van der Waals surface area contributed by atoms with Gasteiger partial charge in [0.25, 0.3) is 0 Å². The number of ether oxygens (including phenoxy) is 1. The van der Waals surface area contributed by atoms with Gasteiger partial charge in [-0.3, -0.25) is 9.97 Å². The summed E-state index contributed by atoms with van der Waals surface area (Å²) in [4.78, 5) is 9.09. The zero-order chi connectivity index (χ0) is 18.9. The topological polar surface area (TPSA) is 52.3 Å². The summed E-state index contributed by atoms with van der Waals surface area (Å²) in [6.45, 7) is 2.61. The van der Waals surface area contributed by atoms with Gasteiger partial charge in [-0.1, -0.05) is 12.1 Å². The molecular formula is C23H18N4O. The first kappa shape index (κ1) is 16.4. The minimum absolute atomic E-state index is 0.628. The second kappa shape index (κ2) is 6.78. The van der Waals surface area contributed by atoms with Crippen LogP contribution in [0, 0.1) is 0 Å². The molecule has 0 fully saturated rings. The van der Waals surface area contributed by atoms with E-state index in [4.69, 9.17) is 9.84 Å². The number of fused-ring (bicyclic) bond motifs is 2. The minimum atomic E-state index is 0.628. The number of nitrogens with zero attached hydrogens (tertiary/aromatic N) is 4. The Hall–Kier alpha value is -3.73. The Morgan fingerprint density at radius 2 is 1.86 bits per heavy atom. The fraction of sp³-hybridized carbons (Fsp3) is 0.0870. The highest BCUT2D eigenvalue weighted by molar-refractivity contribution is 6.03. The zero-order valence-corrected chi connectivity index (χ0v) is 15.4. The van der Waals surface area contributed by atoms with E-state index in [-0.39, 0.29) is 0 Å². The summed E-state index contributed by atoms with van der Waals surface area (Å²) in [6.07, 6.45) is 5.59. The van der Waals surface area contributed by atoms with Gasteiger partial charge >= 0.3 is 0 Å². The molecule has 0 unspecified atom stereocenters. The summed E-state index contributed by atoms with van der Waals surface area (Å²) in [5, 5.41) is 5.88. The molecule has 1 aromatic carbocycles. The SMILES string of the molecule is CCOc1ccc2c(-c3c(-c4ccccn4)nn4ccccc34)ccnc2c1. The van der Waals surface area contributed by atoms with E-state index in [0.29, 0.717) is 6.61 Å². The predicted octanol–water partition coefficient (Wildman–Crippen LogP) is 5.01. The number of aromatic nitrogens is 4. The molecular weight excluding hydrogens is 348 g/mol. The predicted molar refractivity (Wildman–Crippen MR) is 110 cm³/mol. The van der Waals surface area contributed by atoms with Crippen LogP contribution in [0.4, 0.5) is 0 Å². The molecule has 0 aliphatic rings. The van der Waals surface area contributed by atoms with Crippen molar-refractivity contribution in [1.29, 1.82) is 0 Å². The van der Waals surface area contributed by atoms with E-state index in [2.05, 4.69) is 22.1 Å². The third-order valence-corrected chi connectivity index (χ3v) is 4.74. The van der Waals surface area contributed by atoms with Gasteiger partial charge in [0.1, 0.15) is 11.4 Å². The monoisotopic (exact) mass is 366 g/mol. The molecule has 0 N–H and O–H groups in total. The van der Waals surface area contributed by atoms with Crippen LogP contribution in [-0.4, -0.2) is 26.2 Å². The maximum absolute atomic E-state index is 5.64. The molecule has 0 atom stereocenters. The Balaban J connectivity index is 1.82. The molecule has 5 rings (SSSR count). The lowest BCUT2D eigenvalue weighted by Gasteiger charge is -2.09. The van der Waals surface area contributed by atoms with Gasteiger partial charge < -0.3 is 4.74 Å². The van der Waals surface area contributed by atoms with Gasteiger partial charge in [-0.25, -0.2) is 4.52 Å². The highest BCUT2D eigenvalue weighted by atomic mass is 16.5. The molecule has 5 nitrogen and oxygen atoms in total. The molecule has 28 heavy (non-hydrogen) atoms. The molecule has 0 bridgehead atoms. The lowest BCUT2D eigenvalue weighted by molar-refractivity contribution is 0.340. The summed E-state index contributed by atoms with van der Waals surface area (Å²) in [5.74, 6) is 0.824. The number of rotatable bonds is 4. The van der Waals surface area contributed by atoms with Crippen molar-refractivity contribution in [1.82, 2.24) is 19.6 Å². The van der Waals surface area contributed by atoms with E-state index >= 15 is 0 Å². The molecule has 0 aliphatic carbocycles. The van der Waals surface area contributed by atoms with E-state index in [9.17, 15) is 0 Å². The zero-order valence-electron chi connectivity index (χ0n) is 15.4. The second-order valence-corrected chi connectivity index (χ2v) is 6.44. The van der Waals surface area contributed by atoms with Gasteiger partial charge in [0.15, 0.2) is 0 Å². The molecule has 0 saturated heterocycles. The molecule has 4 heterocycles. The summed E-state index contributed by atoms with van der Waals surface area (Å²) in [7, 11) is 0. The van der Waals surface area contributed by atoms with Crippen LogP contribution >= 0.6 is 0 Å². The summed E-state index contributed by atoms with van der Waals surface area (Å²) in [6, 6.07) is 20.0. The quantitative estimate of drug-likeness (QED) is 0.449. The average molecular weight is 366 g/mol. The molecule has 0 radical (unpaired) electrons. The van der Waals surface area contributed by atoms with Crippen LogP contribution in [0.25, 0.3) is 38.9 Å². The molecule has 5 aromatic rings. The molecule has 0 saturated carbocycles. The molecule has 4 aromatic heterocycles. The van der Waals surface area contributed by atoms with Crippen molar-refractivity contribution in [2.24, 2.45) is 0 Å². The lowest BCUT2D eigenvalue weighted by Crippen LogP contribution is -1.92. The first-order valence-corrected chi connectivity index (χ1v) is 9.26. The third kappa shape index (κ3) is 2.68. The first-order chi connectivity index (χ1) is 13.8. The van der Waals surface area contributed by atoms with Crippen molar-refractivity contribution < 1.29 is 4.74 Å². The van der Waals surface area contributed by atoms with Crippen LogP contribution in [-0.2, 0) is 0 Å². The molecule has 5 heteroatoms. The van der Waals surface area contributed by atoms with Gasteiger partial charge in [-0.05, 0) is 55.0 Å². The van der Waals surface area contributed by atoms with Crippen LogP contribution in [0.5, 0.6) is 5.75 Å². The Morgan fingerprint density at radius 1 is 0.929 bits per heavy atom. The third-order valence-electron chi connectivity index (χ3n) is 4.74. The van der Waals surface area contributed by atoms with E-state index in [0.717, 1.165) is 44.7 Å². The fourth-order valence-electron chi connectivity index (χ4n) is 3.55. The number of pyridine rings is 3. The van der Waals surface area contributed by atoms with Crippen LogP contribution < -0.4 is 4.74 Å². The van der Waals surface area contributed by atoms with Gasteiger partial charge in [0.05, 0.1) is 23.3 Å². The van der Waals surface area contributed by atoms with E-state index in [1.807, 2.05) is 72.4 Å². The van der Waals surface area contributed by atoms with Crippen molar-refractivity contribution in [3.8, 4) is 28.3 Å². The summed E-state index contributed by atoms with van der Waals surface area (Å²) in [5.41, 5.74) is 5.76. The second-order valence-electron chi connectivity index (χ2n) is 6.44. The van der Waals surface area contributed by atoms with Crippen LogP contribution in [0.15, 0.2) is 79.3 Å². The van der Waals surface area contributed by atoms with Crippen molar-refractivity contribution in [3.63, 3.8) is 0 Å². The summed E-state index contributed by atoms with van der Waals surface area (Å²) >= 11 is 0. The van der Waals surface area contributed by atoms with Gasteiger partial charge in [0, 0.05) is 35.6 Å². The molecule has 0 spiro atoms. The Labute approximate surface area is 162 Å². The van der Waals surface area contributed by atoms with Crippen molar-refractivity contribution >= 4 is 16.4 Å². The maximum atomic E-state index is 5.64. The van der Waals surface area contributed by atoms with Gasteiger partial charge in [-0.15, -0.1) is 0 Å². The Kier molecular flexibility index (Phi) is 3.98. The Morgan fingerprint density at radius 3 is 2.71 bits per heavy atom. The van der Waals surface area contributed by atoms with Crippen molar-refractivity contribution in [3.05, 3.63) is 79.3 Å². The largest absolute Gasteiger partial charge is 0.494 e. The van der Waals surface area contributed by atoms with Crippen LogP contribution in [0.2, 0.25) is 0 Å². The van der Waals surface area contributed by atoms with Crippen LogP contribution in [0.3, 0.4) is 0 Å². The summed E-state index contributed by atoms with van der Waals surface area (Å²) < 4.78 is 7.54. The minimum Gasteiger partial charge on any atom is -0.494 e. The van der Waals surface area contributed by atoms with Gasteiger partial charge in [-0.2, -0.15) is 5.10 Å². The first-order valence-electron chi connectivity index (χ1n) is 9.26.